The molecular formula is C13H21N3. The first-order valence-electron chi connectivity index (χ1n) is 6.13. The molecule has 2 atom stereocenters. The number of pyridine rings is 1. The lowest BCUT2D eigenvalue weighted by atomic mass is 10.0. The Bertz CT molecular complexity index is 332. The molecule has 0 spiro atoms. The molecule has 1 unspecified atom stereocenters. The van der Waals surface area contributed by atoms with Crippen LogP contribution < -0.4 is 10.6 Å². The minimum atomic E-state index is 0.0711. The van der Waals surface area contributed by atoms with Crippen molar-refractivity contribution in [3.8, 4) is 0 Å². The number of piperidine rings is 1. The van der Waals surface area contributed by atoms with Crippen molar-refractivity contribution in [1.29, 1.82) is 0 Å². The molecule has 88 valence electrons. The molecule has 0 bridgehead atoms. The van der Waals surface area contributed by atoms with Crippen molar-refractivity contribution < 1.29 is 0 Å². The van der Waals surface area contributed by atoms with Gasteiger partial charge in [0.25, 0.3) is 0 Å². The van der Waals surface area contributed by atoms with Gasteiger partial charge in [-0.2, -0.15) is 0 Å². The quantitative estimate of drug-likeness (QED) is 0.830. The van der Waals surface area contributed by atoms with Crippen LogP contribution in [0.2, 0.25) is 0 Å². The molecule has 2 N–H and O–H groups in total. The summed E-state index contributed by atoms with van der Waals surface area (Å²) in [5, 5.41) is 0. The van der Waals surface area contributed by atoms with Crippen LogP contribution in [-0.2, 0) is 0 Å². The SMILES string of the molecule is CC1CCCN(c2ccc([C@H](C)N)cn2)C1. The molecule has 2 rings (SSSR count). The smallest absolute Gasteiger partial charge is 0.128 e. The zero-order valence-electron chi connectivity index (χ0n) is 10.2. The van der Waals surface area contributed by atoms with Crippen molar-refractivity contribution in [2.75, 3.05) is 18.0 Å². The molecule has 0 radical (unpaired) electrons. The van der Waals surface area contributed by atoms with Crippen molar-refractivity contribution in [2.45, 2.75) is 32.7 Å². The van der Waals surface area contributed by atoms with E-state index >= 15 is 0 Å². The Hall–Kier alpha value is -1.09. The first kappa shape index (κ1) is 11.4. The van der Waals surface area contributed by atoms with Crippen LogP contribution >= 0.6 is 0 Å². The second-order valence-corrected chi connectivity index (χ2v) is 4.93. The second-order valence-electron chi connectivity index (χ2n) is 4.93. The van der Waals surface area contributed by atoms with Crippen LogP contribution in [0.4, 0.5) is 5.82 Å². The van der Waals surface area contributed by atoms with Gasteiger partial charge in [-0.1, -0.05) is 13.0 Å². The van der Waals surface area contributed by atoms with Gasteiger partial charge in [0.05, 0.1) is 0 Å². The maximum absolute atomic E-state index is 5.81. The largest absolute Gasteiger partial charge is 0.356 e. The summed E-state index contributed by atoms with van der Waals surface area (Å²) in [6, 6.07) is 4.25. The minimum absolute atomic E-state index is 0.0711. The highest BCUT2D eigenvalue weighted by Crippen LogP contribution is 2.21. The lowest BCUT2D eigenvalue weighted by Crippen LogP contribution is -2.34. The molecule has 1 aromatic heterocycles. The van der Waals surface area contributed by atoms with Gasteiger partial charge in [0, 0.05) is 25.3 Å². The van der Waals surface area contributed by atoms with E-state index in [2.05, 4.69) is 28.9 Å². The summed E-state index contributed by atoms with van der Waals surface area (Å²) in [5.74, 6) is 1.87. The molecule has 3 heteroatoms. The molecule has 1 saturated heterocycles. The van der Waals surface area contributed by atoms with Crippen LogP contribution in [0.1, 0.15) is 38.3 Å². The van der Waals surface area contributed by atoms with Crippen molar-refractivity contribution >= 4 is 5.82 Å². The van der Waals surface area contributed by atoms with Gasteiger partial charge >= 0.3 is 0 Å². The van der Waals surface area contributed by atoms with Crippen LogP contribution in [0.3, 0.4) is 0 Å². The van der Waals surface area contributed by atoms with Crippen LogP contribution in [-0.4, -0.2) is 18.1 Å². The third kappa shape index (κ3) is 2.53. The highest BCUT2D eigenvalue weighted by atomic mass is 15.2. The lowest BCUT2D eigenvalue weighted by molar-refractivity contribution is 0.444. The van der Waals surface area contributed by atoms with Crippen molar-refractivity contribution in [1.82, 2.24) is 4.98 Å². The standard InChI is InChI=1S/C13H21N3/c1-10-4-3-7-16(9-10)13-6-5-12(8-15-13)11(2)14/h5-6,8,10-11H,3-4,7,9,14H2,1-2H3/t10?,11-/m0/s1. The summed E-state index contributed by atoms with van der Waals surface area (Å²) in [6.07, 6.45) is 4.52. The topological polar surface area (TPSA) is 42.1 Å². The highest BCUT2D eigenvalue weighted by Gasteiger charge is 2.17. The molecule has 0 aliphatic carbocycles. The van der Waals surface area contributed by atoms with Gasteiger partial charge in [0.2, 0.25) is 0 Å². The van der Waals surface area contributed by atoms with Crippen LogP contribution in [0.15, 0.2) is 18.3 Å². The molecule has 0 aromatic carbocycles. The Kier molecular flexibility index (Phi) is 3.44. The zero-order chi connectivity index (χ0) is 11.5. The van der Waals surface area contributed by atoms with Gasteiger partial charge in [-0.3, -0.25) is 0 Å². The van der Waals surface area contributed by atoms with Crippen LogP contribution in [0.25, 0.3) is 0 Å². The maximum atomic E-state index is 5.81. The number of hydrogen-bond acceptors (Lipinski definition) is 3. The average Bonchev–Trinajstić information content (AvgIpc) is 2.29. The predicted octanol–water partition coefficient (Wildman–Crippen LogP) is 2.34. The molecule has 1 fully saturated rings. The van der Waals surface area contributed by atoms with E-state index in [1.54, 1.807) is 0 Å². The number of nitrogens with two attached hydrogens (primary N) is 1. The summed E-state index contributed by atoms with van der Waals surface area (Å²) < 4.78 is 0. The second kappa shape index (κ2) is 4.83. The predicted molar refractivity (Wildman–Crippen MR) is 67.5 cm³/mol. The maximum Gasteiger partial charge on any atom is 0.128 e. The molecule has 1 aliphatic heterocycles. The van der Waals surface area contributed by atoms with E-state index in [1.165, 1.54) is 12.8 Å². The van der Waals surface area contributed by atoms with Gasteiger partial charge in [-0.15, -0.1) is 0 Å². The van der Waals surface area contributed by atoms with Crippen LogP contribution in [0, 0.1) is 5.92 Å². The fourth-order valence-corrected chi connectivity index (χ4v) is 2.25. The van der Waals surface area contributed by atoms with E-state index in [9.17, 15) is 0 Å². The number of aromatic nitrogens is 1. The third-order valence-electron chi connectivity index (χ3n) is 3.28. The monoisotopic (exact) mass is 219 g/mol. The van der Waals surface area contributed by atoms with E-state index in [0.29, 0.717) is 0 Å². The Morgan fingerprint density at radius 2 is 2.31 bits per heavy atom. The molecular weight excluding hydrogens is 198 g/mol. The van der Waals surface area contributed by atoms with Crippen molar-refractivity contribution in [3.63, 3.8) is 0 Å². The lowest BCUT2D eigenvalue weighted by Gasteiger charge is -2.31. The zero-order valence-corrected chi connectivity index (χ0v) is 10.2. The van der Waals surface area contributed by atoms with E-state index in [-0.39, 0.29) is 6.04 Å². The first-order chi connectivity index (χ1) is 7.66. The molecule has 3 nitrogen and oxygen atoms in total. The Morgan fingerprint density at radius 1 is 1.50 bits per heavy atom. The van der Waals surface area contributed by atoms with Gasteiger partial charge in [-0.05, 0) is 37.3 Å². The summed E-state index contributed by atoms with van der Waals surface area (Å²) in [7, 11) is 0. The molecule has 1 aromatic rings. The number of rotatable bonds is 2. The summed E-state index contributed by atoms with van der Waals surface area (Å²) in [6.45, 7) is 6.56. The van der Waals surface area contributed by atoms with E-state index in [0.717, 1.165) is 30.4 Å². The van der Waals surface area contributed by atoms with Gasteiger partial charge in [-0.25, -0.2) is 4.98 Å². The summed E-state index contributed by atoms with van der Waals surface area (Å²) in [4.78, 5) is 6.88. The normalized spacial score (nSPS) is 23.2. The first-order valence-corrected chi connectivity index (χ1v) is 6.13. The Morgan fingerprint density at radius 3 is 2.88 bits per heavy atom. The Balaban J connectivity index is 2.09. The van der Waals surface area contributed by atoms with Crippen molar-refractivity contribution in [3.05, 3.63) is 23.9 Å². The molecule has 0 saturated carbocycles. The number of hydrogen-bond donors (Lipinski definition) is 1. The summed E-state index contributed by atoms with van der Waals surface area (Å²) in [5.41, 5.74) is 6.92. The van der Waals surface area contributed by atoms with E-state index in [1.807, 2.05) is 13.1 Å². The van der Waals surface area contributed by atoms with Crippen LogP contribution in [0.5, 0.6) is 0 Å². The molecule has 0 amide bonds. The highest BCUT2D eigenvalue weighted by molar-refractivity contribution is 5.40. The average molecular weight is 219 g/mol. The summed E-state index contributed by atoms with van der Waals surface area (Å²) >= 11 is 0. The van der Waals surface area contributed by atoms with Gasteiger partial charge in [0.1, 0.15) is 5.82 Å². The van der Waals surface area contributed by atoms with Gasteiger partial charge < -0.3 is 10.6 Å². The minimum Gasteiger partial charge on any atom is -0.356 e. The van der Waals surface area contributed by atoms with E-state index in [4.69, 9.17) is 5.73 Å². The molecule has 2 heterocycles. The number of anilines is 1. The Labute approximate surface area is 97.7 Å². The molecule has 1 aliphatic rings. The third-order valence-corrected chi connectivity index (χ3v) is 3.28. The molecule has 16 heavy (non-hydrogen) atoms. The van der Waals surface area contributed by atoms with Crippen molar-refractivity contribution in [2.24, 2.45) is 11.7 Å². The van der Waals surface area contributed by atoms with Gasteiger partial charge in [0.15, 0.2) is 0 Å². The fraction of sp³-hybridized carbons (Fsp3) is 0.615. The van der Waals surface area contributed by atoms with E-state index < -0.39 is 0 Å². The fourth-order valence-electron chi connectivity index (χ4n) is 2.25. The number of nitrogens with zero attached hydrogens (tertiary/aromatic N) is 2.